The van der Waals surface area contributed by atoms with Crippen molar-refractivity contribution in [1.82, 2.24) is 14.5 Å². The van der Waals surface area contributed by atoms with Gasteiger partial charge in [-0.1, -0.05) is 0 Å². The van der Waals surface area contributed by atoms with Gasteiger partial charge in [0.05, 0.1) is 23.0 Å². The van der Waals surface area contributed by atoms with Gasteiger partial charge in [0, 0.05) is 23.1 Å². The minimum absolute atomic E-state index is 0.0769. The number of nitrogens with two attached hydrogens (primary N) is 1. The first-order valence-corrected chi connectivity index (χ1v) is 15.5. The second kappa shape index (κ2) is 10.5. The standard InChI is InChI=1S/C16H19N4O14P3S/c17-16-18-14-13(15(23)19-16)8(11-2-1-7(5-21)38-11)4-20(14)12-3-9(22)10(32-12)6-31-36(27,28)34-37(29,30)33-35(24,25)26/h1-2,4-5,9-10,12,22H,3,6H2,(H,27,28)(H,29,30)(H2,24,25,26)(H3,17,18,19,23)/t9-,10+,12+/m0/s1. The number of aromatic nitrogens is 3. The zero-order valence-corrected chi connectivity index (χ0v) is 22.1. The largest absolute Gasteiger partial charge is 0.490 e. The van der Waals surface area contributed by atoms with Crippen molar-refractivity contribution in [2.75, 3.05) is 12.3 Å². The third-order valence-corrected chi connectivity index (χ3v) is 9.89. The number of nitrogens with zero attached hydrogens (tertiary/aromatic N) is 2. The van der Waals surface area contributed by atoms with Crippen LogP contribution in [-0.2, 0) is 31.6 Å². The molecule has 1 saturated heterocycles. The number of phosphoric ester groups is 1. The summed E-state index contributed by atoms with van der Waals surface area (Å²) in [6.07, 6.45) is -1.63. The molecule has 0 saturated carbocycles. The Kier molecular flexibility index (Phi) is 7.97. The van der Waals surface area contributed by atoms with E-state index in [1.165, 1.54) is 10.8 Å². The number of thiophene rings is 1. The van der Waals surface area contributed by atoms with Gasteiger partial charge in [0.25, 0.3) is 5.56 Å². The Morgan fingerprint density at radius 1 is 1.21 bits per heavy atom. The van der Waals surface area contributed by atoms with Crippen molar-refractivity contribution >= 4 is 58.1 Å². The molecule has 4 heterocycles. The topological polar surface area (TPSA) is 283 Å². The molecule has 2 unspecified atom stereocenters. The second-order valence-corrected chi connectivity index (χ2v) is 13.3. The van der Waals surface area contributed by atoms with Gasteiger partial charge in [0.15, 0.2) is 11.9 Å². The fourth-order valence-electron chi connectivity index (χ4n) is 3.65. The highest BCUT2D eigenvalue weighted by Gasteiger charge is 2.43. The molecule has 0 amide bonds. The van der Waals surface area contributed by atoms with Gasteiger partial charge < -0.3 is 39.7 Å². The van der Waals surface area contributed by atoms with Gasteiger partial charge >= 0.3 is 23.5 Å². The van der Waals surface area contributed by atoms with E-state index in [2.05, 4.69) is 23.1 Å². The summed E-state index contributed by atoms with van der Waals surface area (Å²) in [5.74, 6) is -0.212. The van der Waals surface area contributed by atoms with Crippen molar-refractivity contribution in [3.8, 4) is 10.4 Å². The number of aldehydes is 1. The van der Waals surface area contributed by atoms with Crippen LogP contribution in [-0.4, -0.2) is 64.3 Å². The quantitative estimate of drug-likeness (QED) is 0.123. The van der Waals surface area contributed by atoms with Crippen LogP contribution in [0.5, 0.6) is 0 Å². The summed E-state index contributed by atoms with van der Waals surface area (Å²) in [4.78, 5) is 67.3. The number of phosphoric acid groups is 3. The van der Waals surface area contributed by atoms with E-state index in [0.717, 1.165) is 11.3 Å². The molecule has 3 aromatic rings. The maximum absolute atomic E-state index is 12.7. The molecule has 1 fully saturated rings. The van der Waals surface area contributed by atoms with Crippen molar-refractivity contribution in [3.05, 3.63) is 33.6 Å². The number of nitrogens with one attached hydrogen (secondary N) is 1. The van der Waals surface area contributed by atoms with Crippen molar-refractivity contribution in [2.24, 2.45) is 0 Å². The zero-order chi connectivity index (χ0) is 28.0. The Labute approximate surface area is 215 Å². The SMILES string of the molecule is Nc1nc2c(c(-c3ccc(C=O)s3)cn2[C@H]2C[C@H](O)[C@@H](COP(=O)(O)OP(=O)(O)OP(=O)(O)O)O2)c(=O)[nH]1. The van der Waals surface area contributed by atoms with Crippen LogP contribution < -0.4 is 11.3 Å². The molecule has 1 aliphatic heterocycles. The third kappa shape index (κ3) is 6.55. The summed E-state index contributed by atoms with van der Waals surface area (Å²) in [5.41, 5.74) is 5.58. The van der Waals surface area contributed by atoms with E-state index < -0.39 is 54.1 Å². The van der Waals surface area contributed by atoms with Gasteiger partial charge in [-0.15, -0.1) is 11.3 Å². The number of aliphatic hydroxyl groups is 1. The van der Waals surface area contributed by atoms with E-state index in [-0.39, 0.29) is 23.4 Å². The predicted octanol–water partition coefficient (Wildman–Crippen LogP) is 0.839. The molecule has 4 rings (SSSR count). The first-order chi connectivity index (χ1) is 17.6. The van der Waals surface area contributed by atoms with Gasteiger partial charge in [-0.05, 0) is 12.1 Å². The molecule has 5 atom stereocenters. The monoisotopic (exact) mass is 616 g/mol. The third-order valence-electron chi connectivity index (χ3n) is 5.04. The Morgan fingerprint density at radius 2 is 1.92 bits per heavy atom. The molecule has 208 valence electrons. The summed E-state index contributed by atoms with van der Waals surface area (Å²) in [7, 11) is -16.7. The Hall–Kier alpha value is -2.08. The fourth-order valence-corrected chi connectivity index (χ4v) is 7.52. The smallest absolute Gasteiger partial charge is 0.390 e. The maximum Gasteiger partial charge on any atom is 0.490 e. The van der Waals surface area contributed by atoms with Crippen LogP contribution in [0.4, 0.5) is 5.95 Å². The number of anilines is 1. The minimum Gasteiger partial charge on any atom is -0.390 e. The highest BCUT2D eigenvalue weighted by atomic mass is 32.1. The number of hydrogen-bond acceptors (Lipinski definition) is 13. The van der Waals surface area contributed by atoms with Crippen molar-refractivity contribution in [3.63, 3.8) is 0 Å². The summed E-state index contributed by atoms with van der Waals surface area (Å²) in [6, 6.07) is 3.18. The number of hydrogen-bond donors (Lipinski definition) is 7. The molecule has 0 spiro atoms. The number of carbonyl (C=O) groups excluding carboxylic acids is 1. The Balaban J connectivity index is 1.56. The average Bonchev–Trinajstić information content (AvgIpc) is 3.46. The van der Waals surface area contributed by atoms with Gasteiger partial charge in [0.2, 0.25) is 5.95 Å². The van der Waals surface area contributed by atoms with Crippen molar-refractivity contribution < 1.29 is 61.1 Å². The molecule has 0 radical (unpaired) electrons. The highest BCUT2D eigenvalue weighted by Crippen LogP contribution is 2.66. The highest BCUT2D eigenvalue weighted by molar-refractivity contribution is 7.66. The zero-order valence-electron chi connectivity index (χ0n) is 18.6. The lowest BCUT2D eigenvalue weighted by Crippen LogP contribution is -2.26. The number of rotatable bonds is 10. The lowest BCUT2D eigenvalue weighted by atomic mass is 10.2. The van der Waals surface area contributed by atoms with E-state index in [9.17, 15) is 38.2 Å². The summed E-state index contributed by atoms with van der Waals surface area (Å²) >= 11 is 1.11. The van der Waals surface area contributed by atoms with Gasteiger partial charge in [-0.2, -0.15) is 13.6 Å². The van der Waals surface area contributed by atoms with E-state index in [4.69, 9.17) is 20.3 Å². The number of H-pyrrole nitrogens is 1. The molecule has 1 aliphatic rings. The number of aliphatic hydroxyl groups excluding tert-OH is 1. The molecule has 0 bridgehead atoms. The molecular weight excluding hydrogens is 597 g/mol. The molecule has 0 aliphatic carbocycles. The van der Waals surface area contributed by atoms with E-state index in [0.29, 0.717) is 21.6 Å². The second-order valence-electron chi connectivity index (χ2n) is 7.74. The lowest BCUT2D eigenvalue weighted by molar-refractivity contribution is -0.0421. The van der Waals surface area contributed by atoms with Crippen molar-refractivity contribution in [1.29, 1.82) is 0 Å². The van der Waals surface area contributed by atoms with Crippen LogP contribution in [0.2, 0.25) is 0 Å². The number of carbonyl (C=O) groups is 1. The van der Waals surface area contributed by atoms with Gasteiger partial charge in [-0.25, -0.2) is 13.7 Å². The minimum atomic E-state index is -5.72. The number of ether oxygens (including phenoxy) is 1. The van der Waals surface area contributed by atoms with Crippen LogP contribution in [0.25, 0.3) is 21.5 Å². The molecule has 22 heteroatoms. The summed E-state index contributed by atoms with van der Waals surface area (Å²) in [6.45, 7) is -0.878. The van der Waals surface area contributed by atoms with Crippen LogP contribution in [0, 0.1) is 0 Å². The Morgan fingerprint density at radius 3 is 2.55 bits per heavy atom. The Bertz CT molecular complexity index is 1580. The average molecular weight is 616 g/mol. The molecule has 8 N–H and O–H groups in total. The molecular formula is C16H19N4O14P3S. The number of fused-ring (bicyclic) bond motifs is 1. The summed E-state index contributed by atoms with van der Waals surface area (Å²) in [5, 5.41) is 10.5. The van der Waals surface area contributed by atoms with Gasteiger partial charge in [-0.3, -0.25) is 19.1 Å². The lowest BCUT2D eigenvalue weighted by Gasteiger charge is -2.19. The van der Waals surface area contributed by atoms with Gasteiger partial charge in [0.1, 0.15) is 12.3 Å². The number of nitrogen functional groups attached to an aromatic ring is 1. The van der Waals surface area contributed by atoms with Crippen LogP contribution in [0.3, 0.4) is 0 Å². The first kappa shape index (κ1) is 28.9. The van der Waals surface area contributed by atoms with Crippen LogP contribution >= 0.6 is 34.8 Å². The van der Waals surface area contributed by atoms with E-state index in [1.807, 2.05) is 0 Å². The van der Waals surface area contributed by atoms with Crippen LogP contribution in [0.15, 0.2) is 23.1 Å². The van der Waals surface area contributed by atoms with Crippen molar-refractivity contribution in [2.45, 2.75) is 24.9 Å². The predicted molar refractivity (Wildman–Crippen MR) is 128 cm³/mol. The van der Waals surface area contributed by atoms with E-state index in [1.54, 1.807) is 12.1 Å². The molecule has 0 aromatic carbocycles. The normalized spacial score (nSPS) is 23.3. The van der Waals surface area contributed by atoms with E-state index >= 15 is 0 Å². The molecule has 18 nitrogen and oxygen atoms in total. The first-order valence-electron chi connectivity index (χ1n) is 10.1. The number of aromatic amines is 1. The van der Waals surface area contributed by atoms with Crippen LogP contribution in [0.1, 0.15) is 22.3 Å². The molecule has 3 aromatic heterocycles. The fraction of sp³-hybridized carbons (Fsp3) is 0.312. The summed E-state index contributed by atoms with van der Waals surface area (Å²) < 4.78 is 53.1. The molecule has 38 heavy (non-hydrogen) atoms. The maximum atomic E-state index is 12.7.